The fourth-order valence-electron chi connectivity index (χ4n) is 2.36. The lowest BCUT2D eigenvalue weighted by Gasteiger charge is -2.11. The molecule has 5 nitrogen and oxygen atoms in total. The highest BCUT2D eigenvalue weighted by Crippen LogP contribution is 2.31. The maximum Gasteiger partial charge on any atom is 0.347 e. The Hall–Kier alpha value is -2.60. The van der Waals surface area contributed by atoms with Gasteiger partial charge in [0.15, 0.2) is 11.3 Å². The highest BCUT2D eigenvalue weighted by atomic mass is 32.1. The number of thiophene rings is 1. The molecule has 3 aromatic rings. The summed E-state index contributed by atoms with van der Waals surface area (Å²) in [5.74, 6) is -1.15. The Kier molecular flexibility index (Phi) is 3.68. The number of pyridine rings is 1. The molecule has 0 aliphatic heterocycles. The SMILES string of the molecule is COC(=O)c1c(O)c2sccc2n(Cc2ccccc2)c1=O. The predicted molar refractivity (Wildman–Crippen MR) is 84.6 cm³/mol. The van der Waals surface area contributed by atoms with Gasteiger partial charge in [-0.25, -0.2) is 4.79 Å². The number of methoxy groups -OCH3 is 1. The molecule has 0 saturated heterocycles. The monoisotopic (exact) mass is 315 g/mol. The third kappa shape index (κ3) is 2.27. The van der Waals surface area contributed by atoms with Crippen LogP contribution in [-0.2, 0) is 11.3 Å². The predicted octanol–water partition coefficient (Wildman–Crippen LogP) is 2.60. The number of aromatic nitrogens is 1. The molecule has 3 rings (SSSR count). The average molecular weight is 315 g/mol. The van der Waals surface area contributed by atoms with Crippen LogP contribution in [0.3, 0.4) is 0 Å². The van der Waals surface area contributed by atoms with E-state index in [0.29, 0.717) is 16.8 Å². The summed E-state index contributed by atoms with van der Waals surface area (Å²) in [6, 6.07) is 11.2. The molecule has 0 aliphatic rings. The summed E-state index contributed by atoms with van der Waals surface area (Å²) in [5, 5.41) is 12.0. The van der Waals surface area contributed by atoms with Crippen LogP contribution < -0.4 is 5.56 Å². The fraction of sp³-hybridized carbons (Fsp3) is 0.125. The second-order valence-electron chi connectivity index (χ2n) is 4.73. The van der Waals surface area contributed by atoms with Crippen molar-refractivity contribution >= 4 is 27.5 Å². The van der Waals surface area contributed by atoms with Gasteiger partial charge in [0, 0.05) is 0 Å². The molecule has 0 bridgehead atoms. The standard InChI is InChI=1S/C16H13NO4S/c1-21-16(20)12-13(18)14-11(7-8-22-14)17(15(12)19)9-10-5-3-2-4-6-10/h2-8,18H,9H2,1H3. The minimum absolute atomic E-state index is 0.314. The normalized spacial score (nSPS) is 10.8. The fourth-order valence-corrected chi connectivity index (χ4v) is 3.21. The van der Waals surface area contributed by atoms with Crippen molar-refractivity contribution in [3.05, 3.63) is 63.3 Å². The Morgan fingerprint density at radius 2 is 2.00 bits per heavy atom. The first-order valence-corrected chi connectivity index (χ1v) is 7.46. The second kappa shape index (κ2) is 5.65. The van der Waals surface area contributed by atoms with Crippen LogP contribution in [-0.4, -0.2) is 22.8 Å². The Balaban J connectivity index is 2.27. The topological polar surface area (TPSA) is 68.5 Å². The smallest absolute Gasteiger partial charge is 0.347 e. The van der Waals surface area contributed by atoms with Crippen LogP contribution in [0.4, 0.5) is 0 Å². The summed E-state index contributed by atoms with van der Waals surface area (Å²) in [6.07, 6.45) is 0. The van der Waals surface area contributed by atoms with E-state index in [2.05, 4.69) is 4.74 Å². The molecule has 6 heteroatoms. The van der Waals surface area contributed by atoms with Crippen molar-refractivity contribution in [3.8, 4) is 5.75 Å². The molecule has 0 aliphatic carbocycles. The maximum atomic E-state index is 12.6. The Labute approximate surface area is 130 Å². The molecule has 0 fully saturated rings. The first-order valence-electron chi connectivity index (χ1n) is 6.58. The second-order valence-corrected chi connectivity index (χ2v) is 5.64. The number of nitrogens with zero attached hydrogens (tertiary/aromatic N) is 1. The Morgan fingerprint density at radius 1 is 1.27 bits per heavy atom. The number of carbonyl (C=O) groups excluding carboxylic acids is 1. The number of carbonyl (C=O) groups is 1. The van der Waals surface area contributed by atoms with E-state index < -0.39 is 11.5 Å². The highest BCUT2D eigenvalue weighted by Gasteiger charge is 2.23. The zero-order valence-electron chi connectivity index (χ0n) is 11.8. The van der Waals surface area contributed by atoms with Gasteiger partial charge in [-0.15, -0.1) is 11.3 Å². The van der Waals surface area contributed by atoms with Crippen molar-refractivity contribution in [1.82, 2.24) is 4.57 Å². The summed E-state index contributed by atoms with van der Waals surface area (Å²) in [4.78, 5) is 24.4. The van der Waals surface area contributed by atoms with Crippen LogP contribution in [0.5, 0.6) is 5.75 Å². The van der Waals surface area contributed by atoms with Crippen LogP contribution in [0.25, 0.3) is 10.2 Å². The zero-order valence-corrected chi connectivity index (χ0v) is 12.6. The van der Waals surface area contributed by atoms with Crippen molar-refractivity contribution in [2.24, 2.45) is 0 Å². The molecule has 0 amide bonds. The molecule has 2 aromatic heterocycles. The van der Waals surface area contributed by atoms with E-state index in [1.165, 1.54) is 23.0 Å². The number of benzene rings is 1. The number of hydrogen-bond donors (Lipinski definition) is 1. The number of esters is 1. The molecule has 112 valence electrons. The van der Waals surface area contributed by atoms with Crippen LogP contribution in [0.15, 0.2) is 46.6 Å². The van der Waals surface area contributed by atoms with Gasteiger partial charge in [-0.05, 0) is 17.0 Å². The Bertz CT molecular complexity index is 896. The van der Waals surface area contributed by atoms with Gasteiger partial charge in [-0.1, -0.05) is 30.3 Å². The molecule has 0 radical (unpaired) electrons. The molecule has 0 saturated carbocycles. The quantitative estimate of drug-likeness (QED) is 0.754. The summed E-state index contributed by atoms with van der Waals surface area (Å²) >= 11 is 1.27. The first-order chi connectivity index (χ1) is 10.6. The van der Waals surface area contributed by atoms with Crippen molar-refractivity contribution in [2.75, 3.05) is 7.11 Å². The Morgan fingerprint density at radius 3 is 2.68 bits per heavy atom. The lowest BCUT2D eigenvalue weighted by Crippen LogP contribution is -2.27. The van der Waals surface area contributed by atoms with Crippen LogP contribution in [0, 0.1) is 0 Å². The van der Waals surface area contributed by atoms with E-state index in [1.54, 1.807) is 11.4 Å². The van der Waals surface area contributed by atoms with Crippen LogP contribution in [0.1, 0.15) is 15.9 Å². The zero-order chi connectivity index (χ0) is 15.7. The molecule has 1 aromatic carbocycles. The maximum absolute atomic E-state index is 12.6. The minimum Gasteiger partial charge on any atom is -0.505 e. The number of rotatable bonds is 3. The lowest BCUT2D eigenvalue weighted by molar-refractivity contribution is 0.0595. The van der Waals surface area contributed by atoms with Crippen LogP contribution in [0.2, 0.25) is 0 Å². The van der Waals surface area contributed by atoms with Crippen molar-refractivity contribution in [2.45, 2.75) is 6.54 Å². The number of fused-ring (bicyclic) bond motifs is 1. The van der Waals surface area contributed by atoms with Crippen molar-refractivity contribution in [3.63, 3.8) is 0 Å². The summed E-state index contributed by atoms with van der Waals surface area (Å²) in [7, 11) is 1.18. The van der Waals surface area contributed by atoms with Gasteiger partial charge < -0.3 is 14.4 Å². The largest absolute Gasteiger partial charge is 0.505 e. The number of hydrogen-bond acceptors (Lipinski definition) is 5. The third-order valence-electron chi connectivity index (χ3n) is 3.42. The molecule has 0 atom stereocenters. The van der Waals surface area contributed by atoms with Gasteiger partial charge in [-0.2, -0.15) is 0 Å². The highest BCUT2D eigenvalue weighted by molar-refractivity contribution is 7.17. The van der Waals surface area contributed by atoms with Gasteiger partial charge >= 0.3 is 5.97 Å². The average Bonchev–Trinajstić information content (AvgIpc) is 3.02. The summed E-state index contributed by atoms with van der Waals surface area (Å²) in [6.45, 7) is 0.317. The molecule has 0 spiro atoms. The van der Waals surface area contributed by atoms with E-state index in [4.69, 9.17) is 0 Å². The van der Waals surface area contributed by atoms with E-state index in [9.17, 15) is 14.7 Å². The molecular weight excluding hydrogens is 302 g/mol. The van der Waals surface area contributed by atoms with Gasteiger partial charge in [0.05, 0.1) is 23.9 Å². The lowest BCUT2D eigenvalue weighted by atomic mass is 10.2. The first kappa shape index (κ1) is 14.3. The van der Waals surface area contributed by atoms with Gasteiger partial charge in [0.1, 0.15) is 0 Å². The van der Waals surface area contributed by atoms with E-state index >= 15 is 0 Å². The summed E-state index contributed by atoms with van der Waals surface area (Å²) in [5.41, 5.74) is 0.648. The molecule has 0 unspecified atom stereocenters. The van der Waals surface area contributed by atoms with Gasteiger partial charge in [0.25, 0.3) is 5.56 Å². The van der Waals surface area contributed by atoms with Crippen molar-refractivity contribution in [1.29, 1.82) is 0 Å². The minimum atomic E-state index is -0.834. The molecule has 2 heterocycles. The van der Waals surface area contributed by atoms with Crippen molar-refractivity contribution < 1.29 is 14.6 Å². The van der Waals surface area contributed by atoms with Gasteiger partial charge in [0.2, 0.25) is 0 Å². The molecule has 22 heavy (non-hydrogen) atoms. The third-order valence-corrected chi connectivity index (χ3v) is 4.33. The van der Waals surface area contributed by atoms with Crippen LogP contribution >= 0.6 is 11.3 Å². The van der Waals surface area contributed by atoms with E-state index in [0.717, 1.165) is 5.56 Å². The molecular formula is C16H13NO4S. The number of ether oxygens (including phenoxy) is 1. The number of aromatic hydroxyl groups is 1. The van der Waals surface area contributed by atoms with E-state index in [-0.39, 0.29) is 11.3 Å². The van der Waals surface area contributed by atoms with Gasteiger partial charge in [-0.3, -0.25) is 4.79 Å². The van der Waals surface area contributed by atoms with E-state index in [1.807, 2.05) is 30.3 Å². The summed E-state index contributed by atoms with van der Waals surface area (Å²) < 4.78 is 6.60. The molecule has 1 N–H and O–H groups in total.